The molecule has 7 heteroatoms. The van der Waals surface area contributed by atoms with Gasteiger partial charge in [0.1, 0.15) is 40.7 Å². The number of nitriles is 2. The molecule has 0 spiro atoms. The third-order valence-corrected chi connectivity index (χ3v) is 4.16. The van der Waals surface area contributed by atoms with Crippen molar-refractivity contribution < 1.29 is 9.47 Å². The second-order valence-corrected chi connectivity index (χ2v) is 5.71. The quantitative estimate of drug-likeness (QED) is 0.688. The lowest BCUT2D eigenvalue weighted by molar-refractivity contribution is 0.392. The van der Waals surface area contributed by atoms with Gasteiger partial charge in [0.25, 0.3) is 0 Å². The maximum absolute atomic E-state index is 9.76. The summed E-state index contributed by atoms with van der Waals surface area (Å²) in [5.74, 6) is 1.22. The van der Waals surface area contributed by atoms with Crippen LogP contribution in [0.2, 0.25) is 0 Å². The smallest absolute Gasteiger partial charge is 0.145 e. The van der Waals surface area contributed by atoms with Crippen molar-refractivity contribution in [3.8, 4) is 29.3 Å². The maximum atomic E-state index is 9.76. The molecule has 7 nitrogen and oxygen atoms in total. The lowest BCUT2D eigenvalue weighted by Crippen LogP contribution is -2.02. The molecule has 3 rings (SSSR count). The van der Waals surface area contributed by atoms with Crippen LogP contribution in [0.1, 0.15) is 16.8 Å². The highest BCUT2D eigenvalue weighted by atomic mass is 16.5. The van der Waals surface area contributed by atoms with E-state index in [1.165, 1.54) is 18.9 Å². The summed E-state index contributed by atoms with van der Waals surface area (Å²) in [7, 11) is 3.06. The van der Waals surface area contributed by atoms with Gasteiger partial charge < -0.3 is 15.2 Å². The standard InChI is InChI=1S/C21H17N5O2/c1-27-18-9-6-10-19(28-2)16(18)11-14(12-22)20-17(13-23)21(24)26(25-20)15-7-4-3-5-8-15/h3-11H,24H2,1-2H3/b14-11+. The Morgan fingerprint density at radius 1 is 1.04 bits per heavy atom. The minimum absolute atomic E-state index is 0.130. The molecule has 0 saturated carbocycles. The van der Waals surface area contributed by atoms with E-state index in [-0.39, 0.29) is 22.6 Å². The number of nitrogen functional groups attached to an aromatic ring is 1. The van der Waals surface area contributed by atoms with Crippen LogP contribution in [0.3, 0.4) is 0 Å². The Kier molecular flexibility index (Phi) is 5.29. The number of nitrogens with two attached hydrogens (primary N) is 1. The fraction of sp³-hybridized carbons (Fsp3) is 0.0952. The molecule has 0 aliphatic carbocycles. The van der Waals surface area contributed by atoms with Crippen molar-refractivity contribution in [1.82, 2.24) is 9.78 Å². The van der Waals surface area contributed by atoms with Crippen molar-refractivity contribution in [3.05, 3.63) is 65.4 Å². The molecule has 0 radical (unpaired) electrons. The molecule has 138 valence electrons. The summed E-state index contributed by atoms with van der Waals surface area (Å²) in [5.41, 5.74) is 7.89. The minimum atomic E-state index is 0.130. The normalized spacial score (nSPS) is 10.8. The Morgan fingerprint density at radius 3 is 2.21 bits per heavy atom. The number of benzene rings is 2. The van der Waals surface area contributed by atoms with Crippen LogP contribution in [-0.4, -0.2) is 24.0 Å². The van der Waals surface area contributed by atoms with E-state index < -0.39 is 0 Å². The topological polar surface area (TPSA) is 110 Å². The van der Waals surface area contributed by atoms with E-state index in [1.807, 2.05) is 36.4 Å². The van der Waals surface area contributed by atoms with Crippen LogP contribution < -0.4 is 15.2 Å². The van der Waals surface area contributed by atoms with Crippen LogP contribution in [0.4, 0.5) is 5.82 Å². The average molecular weight is 371 g/mol. The van der Waals surface area contributed by atoms with Crippen LogP contribution in [0.15, 0.2) is 48.5 Å². The number of hydrogen-bond donors (Lipinski definition) is 1. The van der Waals surface area contributed by atoms with Crippen molar-refractivity contribution >= 4 is 17.5 Å². The highest BCUT2D eigenvalue weighted by Crippen LogP contribution is 2.33. The van der Waals surface area contributed by atoms with E-state index in [9.17, 15) is 10.5 Å². The lowest BCUT2D eigenvalue weighted by atomic mass is 10.0. The molecule has 0 fully saturated rings. The number of rotatable bonds is 5. The summed E-state index contributed by atoms with van der Waals surface area (Å²) >= 11 is 0. The SMILES string of the molecule is COc1cccc(OC)c1/C=C(\C#N)c1nn(-c2ccccc2)c(N)c1C#N. The number of hydrogen-bond acceptors (Lipinski definition) is 6. The Balaban J connectivity index is 2.22. The summed E-state index contributed by atoms with van der Waals surface area (Å²) in [6, 6.07) is 18.6. The first-order valence-electron chi connectivity index (χ1n) is 8.31. The van der Waals surface area contributed by atoms with Gasteiger partial charge in [0.15, 0.2) is 0 Å². The number of allylic oxidation sites excluding steroid dienone is 1. The molecule has 1 aromatic heterocycles. The van der Waals surface area contributed by atoms with Crippen LogP contribution in [0, 0.1) is 22.7 Å². The molecule has 0 aliphatic heterocycles. The Hall–Kier alpha value is -4.23. The number of aromatic nitrogens is 2. The first-order valence-corrected chi connectivity index (χ1v) is 8.31. The Morgan fingerprint density at radius 2 is 1.68 bits per heavy atom. The first-order chi connectivity index (χ1) is 13.6. The van der Waals surface area contributed by atoms with Crippen molar-refractivity contribution in [2.45, 2.75) is 0 Å². The molecular weight excluding hydrogens is 354 g/mol. The molecule has 0 saturated heterocycles. The zero-order valence-electron chi connectivity index (χ0n) is 15.4. The predicted octanol–water partition coefficient (Wildman–Crippen LogP) is 3.41. The van der Waals surface area contributed by atoms with Gasteiger partial charge in [-0.25, -0.2) is 4.68 Å². The van der Waals surface area contributed by atoms with Gasteiger partial charge in [0.05, 0.1) is 31.0 Å². The van der Waals surface area contributed by atoms with Crippen LogP contribution in [0.25, 0.3) is 17.3 Å². The molecule has 2 aromatic carbocycles. The summed E-state index contributed by atoms with van der Waals surface area (Å²) in [6.45, 7) is 0. The summed E-state index contributed by atoms with van der Waals surface area (Å²) < 4.78 is 12.2. The first kappa shape index (κ1) is 18.6. The number of methoxy groups -OCH3 is 2. The van der Waals surface area contributed by atoms with Gasteiger partial charge in [-0.1, -0.05) is 24.3 Å². The van der Waals surface area contributed by atoms with Crippen LogP contribution in [-0.2, 0) is 0 Å². The molecule has 0 aliphatic rings. The molecule has 0 unspecified atom stereocenters. The number of ether oxygens (including phenoxy) is 2. The lowest BCUT2D eigenvalue weighted by Gasteiger charge is -2.10. The molecular formula is C21H17N5O2. The number of nitrogens with zero attached hydrogens (tertiary/aromatic N) is 4. The molecule has 3 aromatic rings. The molecule has 0 atom stereocenters. The average Bonchev–Trinajstić information content (AvgIpc) is 3.08. The van der Waals surface area contributed by atoms with Gasteiger partial charge in [-0.05, 0) is 30.3 Å². The molecule has 1 heterocycles. The Bertz CT molecular complexity index is 1100. The van der Waals surface area contributed by atoms with Gasteiger partial charge >= 0.3 is 0 Å². The fourth-order valence-electron chi connectivity index (χ4n) is 2.82. The number of anilines is 1. The van der Waals surface area contributed by atoms with Crippen LogP contribution >= 0.6 is 0 Å². The van der Waals surface area contributed by atoms with E-state index in [4.69, 9.17) is 15.2 Å². The van der Waals surface area contributed by atoms with E-state index in [0.717, 1.165) is 0 Å². The molecule has 28 heavy (non-hydrogen) atoms. The second kappa shape index (κ2) is 7.98. The Labute approximate surface area is 162 Å². The van der Waals surface area contributed by atoms with Gasteiger partial charge in [-0.2, -0.15) is 15.6 Å². The zero-order chi connectivity index (χ0) is 20.1. The van der Waals surface area contributed by atoms with Crippen molar-refractivity contribution in [2.24, 2.45) is 0 Å². The van der Waals surface area contributed by atoms with Crippen molar-refractivity contribution in [2.75, 3.05) is 20.0 Å². The van der Waals surface area contributed by atoms with Gasteiger partial charge in [0.2, 0.25) is 0 Å². The van der Waals surface area contributed by atoms with E-state index in [2.05, 4.69) is 11.2 Å². The second-order valence-electron chi connectivity index (χ2n) is 5.71. The third-order valence-electron chi connectivity index (χ3n) is 4.16. The molecule has 0 amide bonds. The van der Waals surface area contributed by atoms with Crippen molar-refractivity contribution in [3.63, 3.8) is 0 Å². The molecule has 2 N–H and O–H groups in total. The predicted molar refractivity (Wildman–Crippen MR) is 106 cm³/mol. The van der Waals surface area contributed by atoms with Gasteiger partial charge in [0, 0.05) is 0 Å². The van der Waals surface area contributed by atoms with Crippen LogP contribution in [0.5, 0.6) is 11.5 Å². The molecule has 0 bridgehead atoms. The highest BCUT2D eigenvalue weighted by molar-refractivity contribution is 5.93. The zero-order valence-corrected chi connectivity index (χ0v) is 15.4. The number of para-hydroxylation sites is 1. The van der Waals surface area contributed by atoms with Gasteiger partial charge in [-0.3, -0.25) is 0 Å². The van der Waals surface area contributed by atoms with E-state index >= 15 is 0 Å². The summed E-state index contributed by atoms with van der Waals surface area (Å²) in [5, 5.41) is 23.8. The highest BCUT2D eigenvalue weighted by Gasteiger charge is 2.21. The summed E-state index contributed by atoms with van der Waals surface area (Å²) in [6.07, 6.45) is 1.58. The fourth-order valence-corrected chi connectivity index (χ4v) is 2.82. The van der Waals surface area contributed by atoms with E-state index in [0.29, 0.717) is 22.7 Å². The minimum Gasteiger partial charge on any atom is -0.496 e. The van der Waals surface area contributed by atoms with Gasteiger partial charge in [-0.15, -0.1) is 0 Å². The largest absolute Gasteiger partial charge is 0.496 e. The van der Waals surface area contributed by atoms with E-state index in [1.54, 1.807) is 24.3 Å². The van der Waals surface area contributed by atoms with Crippen molar-refractivity contribution in [1.29, 1.82) is 10.5 Å². The third kappa shape index (κ3) is 3.25. The maximum Gasteiger partial charge on any atom is 0.145 e. The summed E-state index contributed by atoms with van der Waals surface area (Å²) in [4.78, 5) is 0. The monoisotopic (exact) mass is 371 g/mol.